The Morgan fingerprint density at radius 2 is 1.97 bits per heavy atom. The van der Waals surface area contributed by atoms with E-state index in [4.69, 9.17) is 4.42 Å². The molecule has 7 heteroatoms. The number of alkyl halides is 2. The standard InChI is InChI=1S/C25H25F2NO4/c1-13(2)19-10-17-16-5-3-4-15(14-6-8-25(26,27)9-7-14)22(16)32-23(17)20-11-21(29)18(24(30)31)12-28(19)20/h3-5,11-14,19H,6-10H2,1-2H3,(H,30,31). The molecule has 1 aliphatic heterocycles. The van der Waals surface area contributed by atoms with Crippen LogP contribution in [-0.4, -0.2) is 21.6 Å². The van der Waals surface area contributed by atoms with Gasteiger partial charge in [0.1, 0.15) is 11.1 Å². The number of rotatable bonds is 3. The number of furan rings is 1. The molecule has 1 fully saturated rings. The van der Waals surface area contributed by atoms with Crippen LogP contribution in [0.15, 0.2) is 39.7 Å². The maximum Gasteiger partial charge on any atom is 0.341 e. The highest BCUT2D eigenvalue weighted by molar-refractivity contribution is 5.91. The van der Waals surface area contributed by atoms with Crippen molar-refractivity contribution in [1.82, 2.24) is 4.57 Å². The monoisotopic (exact) mass is 441 g/mol. The fraction of sp³-hybridized carbons (Fsp3) is 0.440. The Balaban J connectivity index is 1.69. The molecule has 1 atom stereocenters. The van der Waals surface area contributed by atoms with E-state index in [-0.39, 0.29) is 36.3 Å². The first-order valence-electron chi connectivity index (χ1n) is 11.1. The summed E-state index contributed by atoms with van der Waals surface area (Å²) in [6, 6.07) is 7.19. The fourth-order valence-electron chi connectivity index (χ4n) is 5.31. The van der Waals surface area contributed by atoms with Gasteiger partial charge in [0.05, 0.1) is 5.69 Å². The lowest BCUT2D eigenvalue weighted by Crippen LogP contribution is -2.27. The smallest absolute Gasteiger partial charge is 0.341 e. The molecule has 3 heterocycles. The van der Waals surface area contributed by atoms with Gasteiger partial charge in [0.25, 0.3) is 0 Å². The minimum atomic E-state index is -2.60. The van der Waals surface area contributed by atoms with Crippen molar-refractivity contribution in [2.24, 2.45) is 5.92 Å². The fourth-order valence-corrected chi connectivity index (χ4v) is 5.31. The molecular formula is C25H25F2NO4. The van der Waals surface area contributed by atoms with Crippen molar-refractivity contribution in [2.45, 2.75) is 63.8 Å². The second kappa shape index (κ2) is 7.29. The Labute approximate surface area is 183 Å². The topological polar surface area (TPSA) is 72.4 Å². The van der Waals surface area contributed by atoms with Crippen LogP contribution in [0.25, 0.3) is 22.4 Å². The van der Waals surface area contributed by atoms with Crippen LogP contribution in [0.5, 0.6) is 0 Å². The number of aromatic nitrogens is 1. The number of para-hydroxylation sites is 1. The number of aromatic carboxylic acids is 1. The third kappa shape index (κ3) is 3.26. The summed E-state index contributed by atoms with van der Waals surface area (Å²) in [4.78, 5) is 24.0. The number of halogens is 2. The van der Waals surface area contributed by atoms with Gasteiger partial charge in [-0.05, 0) is 36.7 Å². The van der Waals surface area contributed by atoms with Crippen LogP contribution in [-0.2, 0) is 6.42 Å². The predicted molar refractivity (Wildman–Crippen MR) is 117 cm³/mol. The molecule has 2 aliphatic rings. The van der Waals surface area contributed by atoms with E-state index in [1.165, 1.54) is 12.3 Å². The third-order valence-electron chi connectivity index (χ3n) is 7.09. The van der Waals surface area contributed by atoms with Gasteiger partial charge in [-0.25, -0.2) is 13.6 Å². The number of carboxylic acid groups (broad SMARTS) is 1. The Kier molecular flexibility index (Phi) is 4.76. The molecule has 0 radical (unpaired) electrons. The molecule has 5 nitrogen and oxygen atoms in total. The molecule has 32 heavy (non-hydrogen) atoms. The van der Waals surface area contributed by atoms with E-state index in [0.717, 1.165) is 16.5 Å². The average molecular weight is 441 g/mol. The second-order valence-electron chi connectivity index (χ2n) is 9.43. The molecule has 0 amide bonds. The van der Waals surface area contributed by atoms with Crippen molar-refractivity contribution in [3.05, 3.63) is 57.4 Å². The van der Waals surface area contributed by atoms with Gasteiger partial charge in [-0.2, -0.15) is 0 Å². The van der Waals surface area contributed by atoms with Gasteiger partial charge in [0.2, 0.25) is 5.92 Å². The quantitative estimate of drug-likeness (QED) is 0.541. The van der Waals surface area contributed by atoms with E-state index in [9.17, 15) is 23.5 Å². The molecule has 0 bridgehead atoms. The lowest BCUT2D eigenvalue weighted by atomic mass is 9.81. The zero-order valence-corrected chi connectivity index (χ0v) is 18.0. The number of hydrogen-bond acceptors (Lipinski definition) is 3. The maximum absolute atomic E-state index is 13.7. The first-order valence-corrected chi connectivity index (χ1v) is 11.1. The molecule has 1 aromatic carbocycles. The van der Waals surface area contributed by atoms with Crippen LogP contribution in [0.1, 0.15) is 73.0 Å². The van der Waals surface area contributed by atoms with E-state index in [2.05, 4.69) is 13.8 Å². The molecular weight excluding hydrogens is 416 g/mol. The van der Waals surface area contributed by atoms with Gasteiger partial charge in [-0.1, -0.05) is 32.0 Å². The lowest BCUT2D eigenvalue weighted by Gasteiger charge is -2.31. The molecule has 2 aromatic heterocycles. The lowest BCUT2D eigenvalue weighted by molar-refractivity contribution is -0.0381. The highest BCUT2D eigenvalue weighted by Gasteiger charge is 2.37. The van der Waals surface area contributed by atoms with Crippen molar-refractivity contribution in [2.75, 3.05) is 0 Å². The molecule has 168 valence electrons. The minimum absolute atomic E-state index is 0.00315. The molecule has 3 aromatic rings. The summed E-state index contributed by atoms with van der Waals surface area (Å²) < 4.78 is 35.6. The molecule has 1 saturated carbocycles. The van der Waals surface area contributed by atoms with Crippen LogP contribution in [0, 0.1) is 5.92 Å². The molecule has 1 aliphatic carbocycles. The Morgan fingerprint density at radius 1 is 1.25 bits per heavy atom. The SMILES string of the molecule is CC(C)C1Cc2c(oc3c(C4CCC(F)(F)CC4)cccc23)-c2cc(=O)c(C(=O)O)cn21. The molecule has 1 unspecified atom stereocenters. The Morgan fingerprint density at radius 3 is 2.62 bits per heavy atom. The summed E-state index contributed by atoms with van der Waals surface area (Å²) in [5, 5.41) is 10.4. The first kappa shape index (κ1) is 20.9. The minimum Gasteiger partial charge on any atom is -0.477 e. The van der Waals surface area contributed by atoms with Crippen molar-refractivity contribution in [3.63, 3.8) is 0 Å². The van der Waals surface area contributed by atoms with Gasteiger partial charge in [0, 0.05) is 42.1 Å². The van der Waals surface area contributed by atoms with Crippen LogP contribution in [0.2, 0.25) is 0 Å². The average Bonchev–Trinajstić information content (AvgIpc) is 3.11. The van der Waals surface area contributed by atoms with E-state index in [1.807, 2.05) is 22.8 Å². The second-order valence-corrected chi connectivity index (χ2v) is 9.43. The van der Waals surface area contributed by atoms with Gasteiger partial charge in [-0.3, -0.25) is 4.79 Å². The summed E-state index contributed by atoms with van der Waals surface area (Å²) >= 11 is 0. The molecule has 0 spiro atoms. The third-order valence-corrected chi connectivity index (χ3v) is 7.09. The number of nitrogens with zero attached hydrogens (tertiary/aromatic N) is 1. The van der Waals surface area contributed by atoms with E-state index < -0.39 is 17.3 Å². The van der Waals surface area contributed by atoms with Crippen molar-refractivity contribution in [3.8, 4) is 11.5 Å². The Bertz CT molecular complexity index is 1280. The van der Waals surface area contributed by atoms with E-state index in [0.29, 0.717) is 36.3 Å². The van der Waals surface area contributed by atoms with Crippen molar-refractivity contribution >= 4 is 16.9 Å². The van der Waals surface area contributed by atoms with Gasteiger partial charge < -0.3 is 14.1 Å². The number of pyridine rings is 1. The number of carboxylic acids is 1. The zero-order chi connectivity index (χ0) is 22.8. The highest BCUT2D eigenvalue weighted by atomic mass is 19.3. The summed E-state index contributed by atoms with van der Waals surface area (Å²) in [5.74, 6) is -3.08. The predicted octanol–water partition coefficient (Wildman–Crippen LogP) is 6.01. The number of hydrogen-bond donors (Lipinski definition) is 1. The maximum atomic E-state index is 13.7. The summed E-state index contributed by atoms with van der Waals surface area (Å²) in [6.45, 7) is 4.13. The number of fused-ring (bicyclic) bond motifs is 5. The van der Waals surface area contributed by atoms with Crippen LogP contribution in [0.4, 0.5) is 8.78 Å². The summed E-state index contributed by atoms with van der Waals surface area (Å²) in [7, 11) is 0. The van der Waals surface area contributed by atoms with E-state index >= 15 is 0 Å². The van der Waals surface area contributed by atoms with Gasteiger partial charge in [-0.15, -0.1) is 0 Å². The van der Waals surface area contributed by atoms with Gasteiger partial charge in [0.15, 0.2) is 11.2 Å². The molecule has 0 saturated heterocycles. The first-order chi connectivity index (χ1) is 15.2. The normalized spacial score (nSPS) is 20.3. The van der Waals surface area contributed by atoms with Crippen molar-refractivity contribution < 1.29 is 23.1 Å². The van der Waals surface area contributed by atoms with Crippen LogP contribution >= 0.6 is 0 Å². The van der Waals surface area contributed by atoms with Crippen LogP contribution in [0.3, 0.4) is 0 Å². The summed E-state index contributed by atoms with van der Waals surface area (Å²) in [5.41, 5.74) is 2.36. The number of benzene rings is 1. The molecule has 1 N–H and O–H groups in total. The molecule has 5 rings (SSSR count). The highest BCUT2D eigenvalue weighted by Crippen LogP contribution is 2.47. The van der Waals surface area contributed by atoms with Gasteiger partial charge >= 0.3 is 5.97 Å². The zero-order valence-electron chi connectivity index (χ0n) is 18.0. The number of carbonyl (C=O) groups is 1. The van der Waals surface area contributed by atoms with Crippen LogP contribution < -0.4 is 5.43 Å². The largest absolute Gasteiger partial charge is 0.477 e. The van der Waals surface area contributed by atoms with E-state index in [1.54, 1.807) is 0 Å². The van der Waals surface area contributed by atoms with Crippen molar-refractivity contribution in [1.29, 1.82) is 0 Å². The summed E-state index contributed by atoms with van der Waals surface area (Å²) in [6.07, 6.45) is 2.63. The Hall–Kier alpha value is -2.96.